The fourth-order valence-corrected chi connectivity index (χ4v) is 3.81. The molecule has 0 aliphatic carbocycles. The lowest BCUT2D eigenvalue weighted by Crippen LogP contribution is -2.25. The van der Waals surface area contributed by atoms with Crippen LogP contribution in [0.2, 0.25) is 0 Å². The summed E-state index contributed by atoms with van der Waals surface area (Å²) in [6.07, 6.45) is 0. The Labute approximate surface area is 118 Å². The molecule has 5 heteroatoms. The normalized spacial score (nSPS) is 15.2. The van der Waals surface area contributed by atoms with Gasteiger partial charge in [0.15, 0.2) is 0 Å². The number of fused-ring (bicyclic) bond motifs is 1. The Morgan fingerprint density at radius 3 is 2.35 bits per heavy atom. The maximum atomic E-state index is 12.6. The predicted octanol–water partition coefficient (Wildman–Crippen LogP) is 2.28. The molecule has 0 saturated heterocycles. The maximum Gasteiger partial charge on any atom is 0.243 e. The number of hydrogen-bond acceptors (Lipinski definition) is 3. The molecule has 4 nitrogen and oxygen atoms in total. The number of nitrogens with two attached hydrogens (primary N) is 1. The summed E-state index contributed by atoms with van der Waals surface area (Å²) in [5.41, 5.74) is 9.46. The van der Waals surface area contributed by atoms with Gasteiger partial charge in [-0.2, -0.15) is 4.31 Å². The molecule has 1 heterocycles. The van der Waals surface area contributed by atoms with Gasteiger partial charge in [-0.3, -0.25) is 0 Å². The minimum Gasteiger partial charge on any atom is -0.399 e. The van der Waals surface area contributed by atoms with Crippen LogP contribution in [0.1, 0.15) is 16.7 Å². The number of aryl methyl sites for hydroxylation is 1. The van der Waals surface area contributed by atoms with Crippen LogP contribution in [-0.4, -0.2) is 12.7 Å². The second kappa shape index (κ2) is 4.61. The Kier molecular flexibility index (Phi) is 3.03. The number of nitrogens with zero attached hydrogens (tertiary/aromatic N) is 1. The first-order chi connectivity index (χ1) is 9.46. The molecule has 3 rings (SSSR count). The lowest BCUT2D eigenvalue weighted by molar-refractivity contribution is 0.431. The average Bonchev–Trinajstić information content (AvgIpc) is 2.83. The van der Waals surface area contributed by atoms with Crippen molar-refractivity contribution in [3.05, 3.63) is 59.2 Å². The van der Waals surface area contributed by atoms with Gasteiger partial charge >= 0.3 is 0 Å². The zero-order chi connectivity index (χ0) is 14.3. The van der Waals surface area contributed by atoms with Crippen LogP contribution in [0.4, 0.5) is 5.69 Å². The second-order valence-electron chi connectivity index (χ2n) is 5.11. The van der Waals surface area contributed by atoms with Gasteiger partial charge in [0.05, 0.1) is 4.90 Å². The molecule has 2 aromatic rings. The molecular formula is C15H16N2O2S. The summed E-state index contributed by atoms with van der Waals surface area (Å²) in [5.74, 6) is 0. The Hall–Kier alpha value is -1.85. The summed E-state index contributed by atoms with van der Waals surface area (Å²) >= 11 is 0. The summed E-state index contributed by atoms with van der Waals surface area (Å²) in [5, 5.41) is 0. The molecule has 0 spiro atoms. The number of hydrogen-bond donors (Lipinski definition) is 1. The number of nitrogen functional groups attached to an aromatic ring is 1. The van der Waals surface area contributed by atoms with E-state index in [1.807, 2.05) is 31.2 Å². The van der Waals surface area contributed by atoms with Crippen LogP contribution in [0, 0.1) is 6.92 Å². The van der Waals surface area contributed by atoms with Crippen LogP contribution < -0.4 is 5.73 Å². The van der Waals surface area contributed by atoms with Crippen LogP contribution in [0.3, 0.4) is 0 Å². The van der Waals surface area contributed by atoms with Gasteiger partial charge in [-0.1, -0.05) is 23.8 Å². The van der Waals surface area contributed by atoms with E-state index in [-0.39, 0.29) is 0 Å². The van der Waals surface area contributed by atoms with Crippen molar-refractivity contribution in [2.24, 2.45) is 0 Å². The monoisotopic (exact) mass is 288 g/mol. The molecule has 2 N–H and O–H groups in total. The third kappa shape index (κ3) is 2.19. The highest BCUT2D eigenvalue weighted by Crippen LogP contribution is 2.29. The van der Waals surface area contributed by atoms with Gasteiger partial charge in [-0.25, -0.2) is 8.42 Å². The van der Waals surface area contributed by atoms with E-state index in [4.69, 9.17) is 5.73 Å². The van der Waals surface area contributed by atoms with Crippen LogP contribution in [-0.2, 0) is 23.1 Å². The van der Waals surface area contributed by atoms with Crippen molar-refractivity contribution in [1.82, 2.24) is 4.31 Å². The van der Waals surface area contributed by atoms with Gasteiger partial charge in [-0.15, -0.1) is 0 Å². The highest BCUT2D eigenvalue weighted by atomic mass is 32.2. The van der Waals surface area contributed by atoms with Crippen molar-refractivity contribution in [3.8, 4) is 0 Å². The molecule has 20 heavy (non-hydrogen) atoms. The molecule has 0 atom stereocenters. The molecule has 1 aliphatic heterocycles. The predicted molar refractivity (Wildman–Crippen MR) is 78.5 cm³/mol. The molecule has 1 aliphatic rings. The third-order valence-corrected chi connectivity index (χ3v) is 5.39. The molecule has 0 saturated carbocycles. The summed E-state index contributed by atoms with van der Waals surface area (Å²) < 4.78 is 26.7. The van der Waals surface area contributed by atoms with E-state index in [0.29, 0.717) is 23.7 Å². The minimum atomic E-state index is -3.44. The first-order valence-corrected chi connectivity index (χ1v) is 7.85. The first-order valence-electron chi connectivity index (χ1n) is 6.41. The Balaban J connectivity index is 1.93. The van der Waals surface area contributed by atoms with E-state index in [0.717, 1.165) is 16.7 Å². The molecule has 0 radical (unpaired) electrons. The molecule has 0 amide bonds. The van der Waals surface area contributed by atoms with Crippen LogP contribution in [0.5, 0.6) is 0 Å². The van der Waals surface area contributed by atoms with E-state index >= 15 is 0 Å². The van der Waals surface area contributed by atoms with E-state index in [9.17, 15) is 8.42 Å². The van der Waals surface area contributed by atoms with Crippen LogP contribution >= 0.6 is 0 Å². The zero-order valence-corrected chi connectivity index (χ0v) is 12.0. The molecular weight excluding hydrogens is 272 g/mol. The molecule has 0 bridgehead atoms. The van der Waals surface area contributed by atoms with Crippen molar-refractivity contribution in [3.63, 3.8) is 0 Å². The lowest BCUT2D eigenvalue weighted by atomic mass is 10.1. The van der Waals surface area contributed by atoms with Gasteiger partial charge in [0.2, 0.25) is 10.0 Å². The summed E-state index contributed by atoms with van der Waals surface area (Å²) in [4.78, 5) is 0.337. The number of benzene rings is 2. The van der Waals surface area contributed by atoms with Crippen molar-refractivity contribution in [2.75, 3.05) is 5.73 Å². The van der Waals surface area contributed by atoms with Crippen molar-refractivity contribution < 1.29 is 8.42 Å². The molecule has 0 unspecified atom stereocenters. The number of rotatable bonds is 2. The van der Waals surface area contributed by atoms with Gasteiger partial charge < -0.3 is 5.73 Å². The standard InChI is InChI=1S/C15H16N2O2S/c1-11-2-6-15(7-3-11)20(18,19)17-9-12-4-5-14(16)8-13(12)10-17/h2-8H,9-10,16H2,1H3. The van der Waals surface area contributed by atoms with Crippen molar-refractivity contribution in [1.29, 1.82) is 0 Å². The lowest BCUT2D eigenvalue weighted by Gasteiger charge is -2.15. The van der Waals surface area contributed by atoms with Crippen molar-refractivity contribution in [2.45, 2.75) is 24.9 Å². The molecule has 104 valence electrons. The SMILES string of the molecule is Cc1ccc(S(=O)(=O)N2Cc3ccc(N)cc3C2)cc1. The first kappa shape index (κ1) is 13.1. The number of anilines is 1. The van der Waals surface area contributed by atoms with Crippen LogP contribution in [0.25, 0.3) is 0 Å². The van der Waals surface area contributed by atoms with Crippen molar-refractivity contribution >= 4 is 15.7 Å². The van der Waals surface area contributed by atoms with E-state index < -0.39 is 10.0 Å². The summed E-state index contributed by atoms with van der Waals surface area (Å²) in [7, 11) is -3.44. The fourth-order valence-electron chi connectivity index (χ4n) is 2.41. The highest BCUT2D eigenvalue weighted by Gasteiger charge is 2.30. The topological polar surface area (TPSA) is 63.4 Å². The van der Waals surface area contributed by atoms with Gasteiger partial charge in [0.25, 0.3) is 0 Å². The van der Waals surface area contributed by atoms with E-state index in [2.05, 4.69) is 0 Å². The van der Waals surface area contributed by atoms with E-state index in [1.165, 1.54) is 4.31 Å². The Morgan fingerprint density at radius 2 is 1.65 bits per heavy atom. The zero-order valence-electron chi connectivity index (χ0n) is 11.2. The third-order valence-electron chi connectivity index (χ3n) is 3.58. The largest absolute Gasteiger partial charge is 0.399 e. The average molecular weight is 288 g/mol. The van der Waals surface area contributed by atoms with E-state index in [1.54, 1.807) is 18.2 Å². The molecule has 2 aromatic carbocycles. The number of sulfonamides is 1. The smallest absolute Gasteiger partial charge is 0.243 e. The van der Waals surface area contributed by atoms with Gasteiger partial charge in [0.1, 0.15) is 0 Å². The Bertz CT molecular complexity index is 752. The maximum absolute atomic E-state index is 12.6. The molecule has 0 fully saturated rings. The second-order valence-corrected chi connectivity index (χ2v) is 7.05. The summed E-state index contributed by atoms with van der Waals surface area (Å²) in [6, 6.07) is 12.5. The molecule has 0 aromatic heterocycles. The summed E-state index contributed by atoms with van der Waals surface area (Å²) in [6.45, 7) is 2.73. The fraction of sp³-hybridized carbons (Fsp3) is 0.200. The van der Waals surface area contributed by atoms with Gasteiger partial charge in [-0.05, 0) is 42.3 Å². The van der Waals surface area contributed by atoms with Crippen LogP contribution in [0.15, 0.2) is 47.4 Å². The Morgan fingerprint density at radius 1 is 1.00 bits per heavy atom. The highest BCUT2D eigenvalue weighted by molar-refractivity contribution is 7.89. The van der Waals surface area contributed by atoms with Gasteiger partial charge in [0, 0.05) is 18.8 Å². The minimum absolute atomic E-state index is 0.337. The quantitative estimate of drug-likeness (QED) is 0.862.